The van der Waals surface area contributed by atoms with Gasteiger partial charge in [-0.05, 0) is 32.0 Å². The molecule has 3 N–H and O–H groups in total. The Balaban J connectivity index is 3.19. The van der Waals surface area contributed by atoms with Crippen LogP contribution in [0.5, 0.6) is 11.5 Å². The van der Waals surface area contributed by atoms with Crippen LogP contribution >= 0.6 is 0 Å². The molecule has 0 aliphatic heterocycles. The Hall–Kier alpha value is -1.52. The molecule has 0 bridgehead atoms. The van der Waals surface area contributed by atoms with Gasteiger partial charge in [0.1, 0.15) is 11.5 Å². The van der Waals surface area contributed by atoms with E-state index >= 15 is 0 Å². The number of benzene rings is 1. The molecule has 0 aliphatic carbocycles. The molecule has 0 spiro atoms. The fourth-order valence-corrected chi connectivity index (χ4v) is 1.64. The van der Waals surface area contributed by atoms with Gasteiger partial charge in [-0.3, -0.25) is 5.84 Å². The van der Waals surface area contributed by atoms with E-state index in [-0.39, 0.29) is 6.04 Å². The summed E-state index contributed by atoms with van der Waals surface area (Å²) >= 11 is 0. The Labute approximate surface area is 102 Å². The second-order valence-corrected chi connectivity index (χ2v) is 4.00. The van der Waals surface area contributed by atoms with Gasteiger partial charge >= 0.3 is 0 Å². The first-order valence-electron chi connectivity index (χ1n) is 5.45. The third-order valence-corrected chi connectivity index (χ3v) is 2.45. The standard InChI is InChI=1S/C13H20N2O2/c1-9(2)7-12(15-14)11-8-10(16-3)5-6-13(11)17-4/h5-8,12,15H,14H2,1-4H3. The molecule has 0 amide bonds. The van der Waals surface area contributed by atoms with Crippen molar-refractivity contribution < 1.29 is 9.47 Å². The summed E-state index contributed by atoms with van der Waals surface area (Å²) in [6, 6.07) is 5.56. The molecule has 0 radical (unpaired) electrons. The number of hydrogen-bond donors (Lipinski definition) is 2. The van der Waals surface area contributed by atoms with Crippen LogP contribution in [-0.2, 0) is 0 Å². The molecular formula is C13H20N2O2. The number of nitrogens with one attached hydrogen (secondary N) is 1. The largest absolute Gasteiger partial charge is 0.497 e. The monoisotopic (exact) mass is 236 g/mol. The van der Waals surface area contributed by atoms with Gasteiger partial charge in [0.2, 0.25) is 0 Å². The summed E-state index contributed by atoms with van der Waals surface area (Å²) in [5.74, 6) is 7.14. The van der Waals surface area contributed by atoms with Crippen molar-refractivity contribution in [1.82, 2.24) is 5.43 Å². The van der Waals surface area contributed by atoms with Gasteiger partial charge in [-0.2, -0.15) is 0 Å². The Morgan fingerprint density at radius 3 is 2.47 bits per heavy atom. The number of nitrogens with two attached hydrogens (primary N) is 1. The van der Waals surface area contributed by atoms with Crippen molar-refractivity contribution in [1.29, 1.82) is 0 Å². The van der Waals surface area contributed by atoms with Crippen LogP contribution in [0.15, 0.2) is 29.8 Å². The molecule has 1 aromatic rings. The van der Waals surface area contributed by atoms with Crippen LogP contribution in [0.4, 0.5) is 0 Å². The lowest BCUT2D eigenvalue weighted by molar-refractivity contribution is 0.394. The highest BCUT2D eigenvalue weighted by Gasteiger charge is 2.13. The molecular weight excluding hydrogens is 216 g/mol. The van der Waals surface area contributed by atoms with E-state index in [2.05, 4.69) is 5.43 Å². The number of hydrogen-bond acceptors (Lipinski definition) is 4. The van der Waals surface area contributed by atoms with Crippen LogP contribution < -0.4 is 20.7 Å². The van der Waals surface area contributed by atoms with Gasteiger partial charge in [-0.1, -0.05) is 11.6 Å². The molecule has 0 fully saturated rings. The van der Waals surface area contributed by atoms with Gasteiger partial charge in [-0.25, -0.2) is 5.43 Å². The average Bonchev–Trinajstić information content (AvgIpc) is 2.34. The minimum absolute atomic E-state index is 0.0925. The van der Waals surface area contributed by atoms with E-state index < -0.39 is 0 Å². The predicted molar refractivity (Wildman–Crippen MR) is 69.0 cm³/mol. The summed E-state index contributed by atoms with van der Waals surface area (Å²) in [6.45, 7) is 4.05. The van der Waals surface area contributed by atoms with Gasteiger partial charge in [0.25, 0.3) is 0 Å². The molecule has 1 unspecified atom stereocenters. The van der Waals surface area contributed by atoms with Gasteiger partial charge in [-0.15, -0.1) is 0 Å². The van der Waals surface area contributed by atoms with Gasteiger partial charge < -0.3 is 9.47 Å². The first-order valence-corrected chi connectivity index (χ1v) is 5.45. The Morgan fingerprint density at radius 2 is 2.00 bits per heavy atom. The zero-order valence-corrected chi connectivity index (χ0v) is 10.8. The third-order valence-electron chi connectivity index (χ3n) is 2.45. The zero-order chi connectivity index (χ0) is 12.8. The Kier molecular flexibility index (Phi) is 5.00. The smallest absolute Gasteiger partial charge is 0.124 e. The van der Waals surface area contributed by atoms with Crippen molar-refractivity contribution in [3.05, 3.63) is 35.4 Å². The van der Waals surface area contributed by atoms with Crippen LogP contribution in [0.1, 0.15) is 25.5 Å². The second kappa shape index (κ2) is 6.27. The SMILES string of the molecule is COc1ccc(OC)c(C(C=C(C)C)NN)c1. The van der Waals surface area contributed by atoms with Crippen molar-refractivity contribution in [2.45, 2.75) is 19.9 Å². The van der Waals surface area contributed by atoms with Gasteiger partial charge in [0, 0.05) is 5.56 Å². The Morgan fingerprint density at radius 1 is 1.29 bits per heavy atom. The summed E-state index contributed by atoms with van der Waals surface area (Å²) in [5.41, 5.74) is 4.90. The lowest BCUT2D eigenvalue weighted by Crippen LogP contribution is -2.27. The summed E-state index contributed by atoms with van der Waals surface area (Å²) in [4.78, 5) is 0. The molecule has 94 valence electrons. The summed E-state index contributed by atoms with van der Waals surface area (Å²) in [6.07, 6.45) is 2.04. The maximum atomic E-state index is 5.58. The molecule has 0 aromatic heterocycles. The van der Waals surface area contributed by atoms with E-state index in [1.165, 1.54) is 5.57 Å². The molecule has 0 saturated heterocycles. The number of methoxy groups -OCH3 is 2. The topological polar surface area (TPSA) is 56.5 Å². The van der Waals surface area contributed by atoms with Crippen molar-refractivity contribution in [3.63, 3.8) is 0 Å². The minimum Gasteiger partial charge on any atom is -0.497 e. The molecule has 1 atom stereocenters. The van der Waals surface area contributed by atoms with E-state index in [1.807, 2.05) is 38.1 Å². The predicted octanol–water partition coefficient (Wildman–Crippen LogP) is 2.17. The molecule has 0 saturated carbocycles. The molecule has 4 nitrogen and oxygen atoms in total. The lowest BCUT2D eigenvalue weighted by Gasteiger charge is -2.17. The summed E-state index contributed by atoms with van der Waals surface area (Å²) in [7, 11) is 3.28. The maximum Gasteiger partial charge on any atom is 0.124 e. The Bertz CT molecular complexity index is 398. The number of hydrazine groups is 1. The van der Waals surface area contributed by atoms with Crippen molar-refractivity contribution in [2.75, 3.05) is 14.2 Å². The molecule has 17 heavy (non-hydrogen) atoms. The third kappa shape index (κ3) is 3.47. The summed E-state index contributed by atoms with van der Waals surface area (Å²) in [5, 5.41) is 0. The first kappa shape index (κ1) is 13.5. The quantitative estimate of drug-likeness (QED) is 0.467. The van der Waals surface area contributed by atoms with Crippen molar-refractivity contribution in [2.24, 2.45) is 5.84 Å². The van der Waals surface area contributed by atoms with E-state index in [9.17, 15) is 0 Å². The number of rotatable bonds is 5. The van der Waals surface area contributed by atoms with E-state index in [0.29, 0.717) is 0 Å². The van der Waals surface area contributed by atoms with E-state index in [0.717, 1.165) is 17.1 Å². The highest BCUT2D eigenvalue weighted by Crippen LogP contribution is 2.30. The van der Waals surface area contributed by atoms with Crippen LogP contribution in [0.3, 0.4) is 0 Å². The van der Waals surface area contributed by atoms with Gasteiger partial charge in [0.05, 0.1) is 20.3 Å². The van der Waals surface area contributed by atoms with Crippen LogP contribution in [0, 0.1) is 0 Å². The number of ether oxygens (including phenoxy) is 2. The maximum absolute atomic E-state index is 5.58. The minimum atomic E-state index is -0.0925. The van der Waals surface area contributed by atoms with Crippen LogP contribution in [0.2, 0.25) is 0 Å². The molecule has 0 aliphatic rings. The molecule has 4 heteroatoms. The fraction of sp³-hybridized carbons (Fsp3) is 0.385. The van der Waals surface area contributed by atoms with Crippen LogP contribution in [-0.4, -0.2) is 14.2 Å². The first-order chi connectivity index (χ1) is 8.12. The molecule has 0 heterocycles. The zero-order valence-electron chi connectivity index (χ0n) is 10.8. The fourth-order valence-electron chi connectivity index (χ4n) is 1.64. The highest BCUT2D eigenvalue weighted by atomic mass is 16.5. The average molecular weight is 236 g/mol. The number of allylic oxidation sites excluding steroid dienone is 1. The summed E-state index contributed by atoms with van der Waals surface area (Å²) < 4.78 is 10.5. The van der Waals surface area contributed by atoms with Gasteiger partial charge in [0.15, 0.2) is 0 Å². The molecule has 1 rings (SSSR count). The van der Waals surface area contributed by atoms with E-state index in [4.69, 9.17) is 15.3 Å². The highest BCUT2D eigenvalue weighted by molar-refractivity contribution is 5.43. The van der Waals surface area contributed by atoms with Crippen LogP contribution in [0.25, 0.3) is 0 Å². The van der Waals surface area contributed by atoms with Crippen molar-refractivity contribution >= 4 is 0 Å². The normalized spacial score (nSPS) is 11.8. The van der Waals surface area contributed by atoms with Crippen molar-refractivity contribution in [3.8, 4) is 11.5 Å². The molecule has 1 aromatic carbocycles. The van der Waals surface area contributed by atoms with E-state index in [1.54, 1.807) is 14.2 Å². The second-order valence-electron chi connectivity index (χ2n) is 4.00. The lowest BCUT2D eigenvalue weighted by atomic mass is 10.0.